The topological polar surface area (TPSA) is 98.6 Å². The van der Waals surface area contributed by atoms with E-state index in [1.807, 2.05) is 40.1 Å². The number of carbonyl (C=O) groups excluding carboxylic acids is 2. The molecular formula is C23H22N6O3S. The Morgan fingerprint density at radius 3 is 2.61 bits per heavy atom. The number of imidazole rings is 1. The van der Waals surface area contributed by atoms with E-state index >= 15 is 0 Å². The number of likely N-dealkylation sites (tertiary alicyclic amines) is 1. The molecule has 3 aromatic heterocycles. The average molecular weight is 463 g/mol. The fourth-order valence-electron chi connectivity index (χ4n) is 4.53. The van der Waals surface area contributed by atoms with Gasteiger partial charge in [-0.2, -0.15) is 0 Å². The molecule has 1 N–H and O–H groups in total. The summed E-state index contributed by atoms with van der Waals surface area (Å²) in [5, 5.41) is 1.79. The van der Waals surface area contributed by atoms with Gasteiger partial charge in [-0.25, -0.2) is 9.97 Å². The minimum Gasteiger partial charge on any atom is -0.461 e. The smallest absolute Gasteiger partial charge is 0.273 e. The standard InChI is InChI=1S/C23H22N6O3S/c30-22(16-3-1-4-17-20(16)26-21(25-17)19-5-2-10-32-19)29-11-15(12-29)27-6-8-28(9-7-27)23(31)18-13-33-14-24-18/h1-5,10,13-15H,6-9,11-12H2,(H,25,26). The number of carbonyl (C=O) groups is 2. The van der Waals surface area contributed by atoms with E-state index in [-0.39, 0.29) is 11.8 Å². The number of thiazole rings is 1. The Morgan fingerprint density at radius 1 is 1.03 bits per heavy atom. The number of para-hydroxylation sites is 1. The molecule has 5 heterocycles. The summed E-state index contributed by atoms with van der Waals surface area (Å²) < 4.78 is 5.43. The molecule has 6 rings (SSSR count). The molecule has 0 unspecified atom stereocenters. The maximum Gasteiger partial charge on any atom is 0.273 e. The quantitative estimate of drug-likeness (QED) is 0.501. The van der Waals surface area contributed by atoms with Gasteiger partial charge in [0.05, 0.1) is 22.9 Å². The van der Waals surface area contributed by atoms with E-state index in [2.05, 4.69) is 19.9 Å². The van der Waals surface area contributed by atoms with Crippen LogP contribution in [0, 0.1) is 0 Å². The molecule has 33 heavy (non-hydrogen) atoms. The zero-order valence-electron chi connectivity index (χ0n) is 17.8. The number of benzene rings is 1. The maximum absolute atomic E-state index is 13.2. The number of furan rings is 1. The van der Waals surface area contributed by atoms with E-state index in [1.165, 1.54) is 11.3 Å². The molecular weight excluding hydrogens is 440 g/mol. The number of nitrogens with zero attached hydrogens (tertiary/aromatic N) is 5. The summed E-state index contributed by atoms with van der Waals surface area (Å²) >= 11 is 1.43. The molecule has 2 aliphatic heterocycles. The molecule has 0 atom stereocenters. The zero-order valence-corrected chi connectivity index (χ0v) is 18.6. The third-order valence-corrected chi connectivity index (χ3v) is 7.00. The van der Waals surface area contributed by atoms with Crippen molar-refractivity contribution in [1.82, 2.24) is 29.7 Å². The Kier molecular flexibility index (Phi) is 4.96. The normalized spacial score (nSPS) is 17.5. The lowest BCUT2D eigenvalue weighted by atomic mass is 10.0. The highest BCUT2D eigenvalue weighted by atomic mass is 32.1. The van der Waals surface area contributed by atoms with Crippen LogP contribution in [0.15, 0.2) is 51.9 Å². The third kappa shape index (κ3) is 3.61. The van der Waals surface area contributed by atoms with Gasteiger partial charge in [-0.1, -0.05) is 6.07 Å². The first-order chi connectivity index (χ1) is 16.2. The molecule has 0 saturated carbocycles. The van der Waals surface area contributed by atoms with Gasteiger partial charge in [0.2, 0.25) is 0 Å². The minimum absolute atomic E-state index is 0.00216. The lowest BCUT2D eigenvalue weighted by Crippen LogP contribution is -2.64. The number of hydrogen-bond donors (Lipinski definition) is 1. The van der Waals surface area contributed by atoms with Crippen molar-refractivity contribution >= 4 is 34.2 Å². The molecule has 1 aromatic carbocycles. The van der Waals surface area contributed by atoms with Gasteiger partial charge >= 0.3 is 0 Å². The zero-order chi connectivity index (χ0) is 22.4. The highest BCUT2D eigenvalue weighted by Crippen LogP contribution is 2.26. The summed E-state index contributed by atoms with van der Waals surface area (Å²) in [4.78, 5) is 43.8. The van der Waals surface area contributed by atoms with Gasteiger partial charge in [0.1, 0.15) is 11.2 Å². The monoisotopic (exact) mass is 462 g/mol. The van der Waals surface area contributed by atoms with Crippen LogP contribution in [-0.2, 0) is 0 Å². The van der Waals surface area contributed by atoms with Gasteiger partial charge in [-0.05, 0) is 24.3 Å². The summed E-state index contributed by atoms with van der Waals surface area (Å²) in [5.74, 6) is 1.25. The van der Waals surface area contributed by atoms with Crippen LogP contribution in [-0.4, -0.2) is 86.8 Å². The van der Waals surface area contributed by atoms with Crippen molar-refractivity contribution in [2.75, 3.05) is 39.3 Å². The molecule has 10 heteroatoms. The fraction of sp³-hybridized carbons (Fsp3) is 0.304. The van der Waals surface area contributed by atoms with Gasteiger partial charge in [0.15, 0.2) is 11.6 Å². The van der Waals surface area contributed by atoms with E-state index in [4.69, 9.17) is 4.42 Å². The number of aromatic amines is 1. The summed E-state index contributed by atoms with van der Waals surface area (Å²) in [6, 6.07) is 9.58. The van der Waals surface area contributed by atoms with Crippen LogP contribution in [0.5, 0.6) is 0 Å². The minimum atomic E-state index is -0.00769. The van der Waals surface area contributed by atoms with Crippen LogP contribution >= 0.6 is 11.3 Å². The average Bonchev–Trinajstić information content (AvgIpc) is 3.59. The first-order valence-corrected chi connectivity index (χ1v) is 11.8. The summed E-state index contributed by atoms with van der Waals surface area (Å²) in [5.41, 5.74) is 4.28. The van der Waals surface area contributed by atoms with Gasteiger partial charge in [-0.15, -0.1) is 11.3 Å². The van der Waals surface area contributed by atoms with Crippen LogP contribution in [0.25, 0.3) is 22.6 Å². The van der Waals surface area contributed by atoms with Gasteiger partial charge in [0.25, 0.3) is 11.8 Å². The number of piperazine rings is 1. The molecule has 2 aliphatic rings. The van der Waals surface area contributed by atoms with E-state index in [9.17, 15) is 9.59 Å². The second-order valence-corrected chi connectivity index (χ2v) is 9.05. The molecule has 0 spiro atoms. The van der Waals surface area contributed by atoms with Crippen molar-refractivity contribution < 1.29 is 14.0 Å². The number of amides is 2. The number of H-pyrrole nitrogens is 1. The van der Waals surface area contributed by atoms with Crippen molar-refractivity contribution in [2.24, 2.45) is 0 Å². The van der Waals surface area contributed by atoms with Gasteiger partial charge in [0, 0.05) is 50.7 Å². The Bertz CT molecular complexity index is 1290. The Labute approximate surface area is 193 Å². The molecule has 9 nitrogen and oxygen atoms in total. The molecule has 4 aromatic rings. The number of aromatic nitrogens is 3. The van der Waals surface area contributed by atoms with Gasteiger partial charge < -0.3 is 19.2 Å². The summed E-state index contributed by atoms with van der Waals surface area (Å²) in [6.07, 6.45) is 1.60. The van der Waals surface area contributed by atoms with E-state index < -0.39 is 0 Å². The number of hydrogen-bond acceptors (Lipinski definition) is 7. The van der Waals surface area contributed by atoms with Crippen molar-refractivity contribution in [3.05, 3.63) is 58.7 Å². The van der Waals surface area contributed by atoms with Crippen LogP contribution < -0.4 is 0 Å². The molecule has 0 bridgehead atoms. The highest BCUT2D eigenvalue weighted by Gasteiger charge is 2.37. The summed E-state index contributed by atoms with van der Waals surface area (Å²) in [6.45, 7) is 4.36. The molecule has 2 fully saturated rings. The predicted molar refractivity (Wildman–Crippen MR) is 123 cm³/mol. The SMILES string of the molecule is O=C(c1cscn1)N1CCN(C2CN(C(=O)c3cccc4[nH]c(-c5ccco5)nc34)C2)CC1. The van der Waals surface area contributed by atoms with Crippen molar-refractivity contribution in [3.8, 4) is 11.6 Å². The van der Waals surface area contributed by atoms with Crippen LogP contribution in [0.1, 0.15) is 20.8 Å². The van der Waals surface area contributed by atoms with E-state index in [0.29, 0.717) is 60.6 Å². The second-order valence-electron chi connectivity index (χ2n) is 8.33. The number of rotatable bonds is 4. The van der Waals surface area contributed by atoms with Crippen molar-refractivity contribution in [3.63, 3.8) is 0 Å². The van der Waals surface area contributed by atoms with Crippen LogP contribution in [0.4, 0.5) is 0 Å². The second kappa shape index (κ2) is 8.13. The molecule has 2 saturated heterocycles. The Hall–Kier alpha value is -3.50. The highest BCUT2D eigenvalue weighted by molar-refractivity contribution is 7.07. The Balaban J connectivity index is 1.09. The predicted octanol–water partition coefficient (Wildman–Crippen LogP) is 2.56. The number of nitrogens with one attached hydrogen (secondary N) is 1. The third-order valence-electron chi connectivity index (χ3n) is 6.42. The lowest BCUT2D eigenvalue weighted by molar-refractivity contribution is 0.00853. The van der Waals surface area contributed by atoms with Crippen LogP contribution in [0.3, 0.4) is 0 Å². The molecule has 168 valence electrons. The molecule has 0 aliphatic carbocycles. The largest absolute Gasteiger partial charge is 0.461 e. The van der Waals surface area contributed by atoms with E-state index in [1.54, 1.807) is 17.2 Å². The number of fused-ring (bicyclic) bond motifs is 1. The molecule has 0 radical (unpaired) electrons. The van der Waals surface area contributed by atoms with Crippen molar-refractivity contribution in [1.29, 1.82) is 0 Å². The van der Waals surface area contributed by atoms with Crippen molar-refractivity contribution in [2.45, 2.75) is 6.04 Å². The first-order valence-electron chi connectivity index (χ1n) is 10.9. The van der Waals surface area contributed by atoms with Crippen LogP contribution in [0.2, 0.25) is 0 Å². The maximum atomic E-state index is 13.2. The Morgan fingerprint density at radius 2 is 1.88 bits per heavy atom. The van der Waals surface area contributed by atoms with Gasteiger partial charge in [-0.3, -0.25) is 14.5 Å². The summed E-state index contributed by atoms with van der Waals surface area (Å²) in [7, 11) is 0. The molecule has 2 amide bonds. The lowest BCUT2D eigenvalue weighted by Gasteiger charge is -2.48. The fourth-order valence-corrected chi connectivity index (χ4v) is 5.05. The van der Waals surface area contributed by atoms with E-state index in [0.717, 1.165) is 18.6 Å². The first kappa shape index (κ1) is 20.1.